The topological polar surface area (TPSA) is 47.6 Å². The van der Waals surface area contributed by atoms with Crippen molar-refractivity contribution < 1.29 is 14.3 Å². The van der Waals surface area contributed by atoms with E-state index in [1.54, 1.807) is 18.9 Å². The van der Waals surface area contributed by atoms with Crippen LogP contribution in [0, 0.1) is 6.92 Å². The molecule has 5 heteroatoms. The summed E-state index contributed by atoms with van der Waals surface area (Å²) in [6, 6.07) is 23.7. The van der Waals surface area contributed by atoms with E-state index in [-0.39, 0.29) is 5.91 Å². The normalized spacial score (nSPS) is 10.4. The van der Waals surface area contributed by atoms with Crippen LogP contribution >= 0.6 is 11.8 Å². The summed E-state index contributed by atoms with van der Waals surface area (Å²) >= 11 is 1.79. The molecule has 0 spiro atoms. The van der Waals surface area contributed by atoms with Gasteiger partial charge in [0, 0.05) is 16.2 Å². The summed E-state index contributed by atoms with van der Waals surface area (Å²) in [5.74, 6) is 2.11. The lowest BCUT2D eigenvalue weighted by Crippen LogP contribution is -2.28. The van der Waals surface area contributed by atoms with Crippen LogP contribution < -0.4 is 14.8 Å². The molecule has 4 nitrogen and oxygen atoms in total. The van der Waals surface area contributed by atoms with E-state index in [0.29, 0.717) is 30.2 Å². The zero-order chi connectivity index (χ0) is 20.5. The molecule has 0 saturated heterocycles. The fraction of sp³-hybridized carbons (Fsp3) is 0.208. The summed E-state index contributed by atoms with van der Waals surface area (Å²) in [5, 5.41) is 2.88. The van der Waals surface area contributed by atoms with Crippen molar-refractivity contribution in [2.45, 2.75) is 17.6 Å². The highest BCUT2D eigenvalue weighted by atomic mass is 32.2. The number of thioether (sulfide) groups is 1. The molecule has 0 radical (unpaired) electrons. The monoisotopic (exact) mass is 407 g/mol. The van der Waals surface area contributed by atoms with Crippen molar-refractivity contribution in [1.29, 1.82) is 0 Å². The Morgan fingerprint density at radius 1 is 0.931 bits per heavy atom. The first-order valence-corrected chi connectivity index (χ1v) is 10.5. The molecule has 0 unspecified atom stereocenters. The molecule has 0 fully saturated rings. The fourth-order valence-corrected chi connectivity index (χ4v) is 3.57. The SMILES string of the molecule is COc1ccccc1OCCNC(=O)c1ccc(CSc2ccc(C)cc2)cc1. The molecule has 1 amide bonds. The average Bonchev–Trinajstić information content (AvgIpc) is 2.77. The molecule has 0 aliphatic carbocycles. The van der Waals surface area contributed by atoms with Gasteiger partial charge < -0.3 is 14.8 Å². The minimum atomic E-state index is -0.105. The van der Waals surface area contributed by atoms with E-state index < -0.39 is 0 Å². The number of nitrogens with one attached hydrogen (secondary N) is 1. The average molecular weight is 408 g/mol. The standard InChI is InChI=1S/C24H25NO3S/c1-18-7-13-21(14-8-18)29-17-19-9-11-20(12-10-19)24(26)25-15-16-28-23-6-4-3-5-22(23)27-2/h3-14H,15-17H2,1-2H3,(H,25,26). The Bertz CT molecular complexity index is 924. The molecule has 0 bridgehead atoms. The molecule has 0 atom stereocenters. The summed E-state index contributed by atoms with van der Waals surface area (Å²) in [7, 11) is 1.60. The number of carbonyl (C=O) groups excluding carboxylic acids is 1. The van der Waals surface area contributed by atoms with Crippen molar-refractivity contribution in [2.75, 3.05) is 20.3 Å². The minimum absolute atomic E-state index is 0.105. The predicted octanol–water partition coefficient (Wildman–Crippen LogP) is 5.10. The second kappa shape index (κ2) is 10.6. The Morgan fingerprint density at radius 2 is 1.62 bits per heavy atom. The Balaban J connectivity index is 1.43. The summed E-state index contributed by atoms with van der Waals surface area (Å²) in [5.41, 5.74) is 3.09. The second-order valence-corrected chi connectivity index (χ2v) is 7.60. The van der Waals surface area contributed by atoms with Crippen molar-refractivity contribution in [3.8, 4) is 11.5 Å². The van der Waals surface area contributed by atoms with E-state index >= 15 is 0 Å². The van der Waals surface area contributed by atoms with Gasteiger partial charge in [-0.3, -0.25) is 4.79 Å². The van der Waals surface area contributed by atoms with Crippen LogP contribution in [0.3, 0.4) is 0 Å². The van der Waals surface area contributed by atoms with Gasteiger partial charge in [-0.25, -0.2) is 0 Å². The maximum atomic E-state index is 12.3. The van der Waals surface area contributed by atoms with Gasteiger partial charge >= 0.3 is 0 Å². The van der Waals surface area contributed by atoms with Gasteiger partial charge in [0.15, 0.2) is 11.5 Å². The van der Waals surface area contributed by atoms with Gasteiger partial charge in [-0.15, -0.1) is 11.8 Å². The third-order valence-corrected chi connectivity index (χ3v) is 5.44. The second-order valence-electron chi connectivity index (χ2n) is 6.55. The van der Waals surface area contributed by atoms with E-state index in [0.717, 1.165) is 5.75 Å². The number of amides is 1. The van der Waals surface area contributed by atoms with Crippen molar-refractivity contribution in [1.82, 2.24) is 5.32 Å². The van der Waals surface area contributed by atoms with E-state index in [1.807, 2.05) is 48.5 Å². The molecule has 3 rings (SSSR count). The number of benzene rings is 3. The maximum Gasteiger partial charge on any atom is 0.251 e. The molecule has 3 aromatic rings. The van der Waals surface area contributed by atoms with Gasteiger partial charge in [-0.05, 0) is 48.9 Å². The van der Waals surface area contributed by atoms with Crippen molar-refractivity contribution in [3.05, 3.63) is 89.5 Å². The van der Waals surface area contributed by atoms with E-state index in [9.17, 15) is 4.79 Å². The number of methoxy groups -OCH3 is 1. The van der Waals surface area contributed by atoms with Gasteiger partial charge in [0.25, 0.3) is 5.91 Å². The molecule has 0 heterocycles. The quantitative estimate of drug-likeness (QED) is 0.396. The number of ether oxygens (including phenoxy) is 2. The number of hydrogen-bond donors (Lipinski definition) is 1. The summed E-state index contributed by atoms with van der Waals surface area (Å²) < 4.78 is 10.9. The van der Waals surface area contributed by atoms with Crippen LogP contribution in [0.15, 0.2) is 77.7 Å². The first-order chi connectivity index (χ1) is 14.2. The molecular weight excluding hydrogens is 382 g/mol. The third-order valence-electron chi connectivity index (χ3n) is 4.36. The van der Waals surface area contributed by atoms with Crippen LogP contribution in [0.4, 0.5) is 0 Å². The Hall–Kier alpha value is -2.92. The van der Waals surface area contributed by atoms with Crippen LogP contribution in [0.1, 0.15) is 21.5 Å². The Labute approximate surface area is 176 Å². The first kappa shape index (κ1) is 20.8. The number of hydrogen-bond acceptors (Lipinski definition) is 4. The minimum Gasteiger partial charge on any atom is -0.493 e. The number of aryl methyl sites for hydroxylation is 1. The molecule has 0 aromatic heterocycles. The lowest BCUT2D eigenvalue weighted by atomic mass is 10.1. The van der Waals surface area contributed by atoms with Crippen LogP contribution in [0.25, 0.3) is 0 Å². The molecule has 0 aliphatic rings. The van der Waals surface area contributed by atoms with Crippen LogP contribution in [-0.2, 0) is 5.75 Å². The molecule has 0 aliphatic heterocycles. The highest BCUT2D eigenvalue weighted by Gasteiger charge is 2.06. The van der Waals surface area contributed by atoms with Crippen molar-refractivity contribution >= 4 is 17.7 Å². The number of carbonyl (C=O) groups is 1. The van der Waals surface area contributed by atoms with E-state index in [4.69, 9.17) is 9.47 Å². The highest BCUT2D eigenvalue weighted by Crippen LogP contribution is 2.25. The molecule has 0 saturated carbocycles. The largest absolute Gasteiger partial charge is 0.493 e. The van der Waals surface area contributed by atoms with Crippen molar-refractivity contribution in [3.63, 3.8) is 0 Å². The summed E-state index contributed by atoms with van der Waals surface area (Å²) in [6.45, 7) is 2.88. The zero-order valence-electron chi connectivity index (χ0n) is 16.7. The zero-order valence-corrected chi connectivity index (χ0v) is 17.5. The number of para-hydroxylation sites is 2. The number of rotatable bonds is 9. The lowest BCUT2D eigenvalue weighted by molar-refractivity contribution is 0.0947. The van der Waals surface area contributed by atoms with Crippen LogP contribution in [0.2, 0.25) is 0 Å². The molecule has 150 valence electrons. The Morgan fingerprint density at radius 3 is 2.31 bits per heavy atom. The maximum absolute atomic E-state index is 12.3. The van der Waals surface area contributed by atoms with Gasteiger partial charge in [-0.1, -0.05) is 42.0 Å². The highest BCUT2D eigenvalue weighted by molar-refractivity contribution is 7.98. The predicted molar refractivity (Wildman–Crippen MR) is 118 cm³/mol. The van der Waals surface area contributed by atoms with Crippen LogP contribution in [-0.4, -0.2) is 26.2 Å². The summed E-state index contributed by atoms with van der Waals surface area (Å²) in [4.78, 5) is 13.5. The van der Waals surface area contributed by atoms with Crippen molar-refractivity contribution in [2.24, 2.45) is 0 Å². The molecule has 29 heavy (non-hydrogen) atoms. The van der Waals surface area contributed by atoms with Gasteiger partial charge in [-0.2, -0.15) is 0 Å². The lowest BCUT2D eigenvalue weighted by Gasteiger charge is -2.11. The van der Waals surface area contributed by atoms with E-state index in [2.05, 4.69) is 36.5 Å². The molecule has 3 aromatic carbocycles. The van der Waals surface area contributed by atoms with Gasteiger partial charge in [0.05, 0.1) is 13.7 Å². The molecule has 1 N–H and O–H groups in total. The van der Waals surface area contributed by atoms with E-state index in [1.165, 1.54) is 16.0 Å². The van der Waals surface area contributed by atoms with Gasteiger partial charge in [0.1, 0.15) is 6.61 Å². The van der Waals surface area contributed by atoms with Crippen LogP contribution in [0.5, 0.6) is 11.5 Å². The first-order valence-electron chi connectivity index (χ1n) is 9.48. The fourth-order valence-electron chi connectivity index (χ4n) is 2.72. The summed E-state index contributed by atoms with van der Waals surface area (Å²) in [6.07, 6.45) is 0. The Kier molecular flexibility index (Phi) is 7.59. The molecular formula is C24H25NO3S. The smallest absolute Gasteiger partial charge is 0.251 e. The van der Waals surface area contributed by atoms with Gasteiger partial charge in [0.2, 0.25) is 0 Å². The third kappa shape index (κ3) is 6.29.